The molecule has 0 radical (unpaired) electrons. The topological polar surface area (TPSA) is 53.7 Å². The molecule has 1 aromatic carbocycles. The fourth-order valence-electron chi connectivity index (χ4n) is 2.32. The van der Waals surface area contributed by atoms with Gasteiger partial charge in [-0.25, -0.2) is 0 Å². The van der Waals surface area contributed by atoms with Gasteiger partial charge in [-0.1, -0.05) is 6.07 Å². The van der Waals surface area contributed by atoms with Gasteiger partial charge in [0.1, 0.15) is 5.75 Å². The molecule has 0 saturated carbocycles. The molecule has 1 unspecified atom stereocenters. The maximum absolute atomic E-state index is 5.95. The van der Waals surface area contributed by atoms with Crippen LogP contribution in [0.5, 0.6) is 17.2 Å². The van der Waals surface area contributed by atoms with Gasteiger partial charge < -0.3 is 19.9 Å². The predicted molar refractivity (Wildman–Crippen MR) is 83.4 cm³/mol. The lowest BCUT2D eigenvalue weighted by Crippen LogP contribution is -2.18. The van der Waals surface area contributed by atoms with E-state index in [0.717, 1.165) is 35.7 Å². The van der Waals surface area contributed by atoms with Crippen LogP contribution in [-0.4, -0.2) is 19.4 Å². The summed E-state index contributed by atoms with van der Waals surface area (Å²) in [5.41, 5.74) is 6.99. The van der Waals surface area contributed by atoms with Crippen molar-refractivity contribution in [2.75, 3.05) is 13.4 Å². The maximum atomic E-state index is 5.95. The predicted octanol–water partition coefficient (Wildman–Crippen LogP) is 2.99. The molecule has 112 valence electrons. The van der Waals surface area contributed by atoms with Crippen LogP contribution in [0, 0.1) is 0 Å². The Morgan fingerprint density at radius 1 is 1.33 bits per heavy atom. The van der Waals surface area contributed by atoms with Crippen molar-refractivity contribution in [3.63, 3.8) is 0 Å². The number of hydrogen-bond acceptors (Lipinski definition) is 5. The van der Waals surface area contributed by atoms with Gasteiger partial charge in [-0.05, 0) is 36.4 Å². The largest absolute Gasteiger partial charge is 0.493 e. The molecule has 0 spiro atoms. The average Bonchev–Trinajstić information content (AvgIpc) is 3.09. The van der Waals surface area contributed by atoms with Crippen molar-refractivity contribution in [2.24, 2.45) is 5.73 Å². The molecule has 2 heterocycles. The Morgan fingerprint density at radius 3 is 2.86 bits per heavy atom. The number of thiophene rings is 1. The van der Waals surface area contributed by atoms with Gasteiger partial charge >= 0.3 is 0 Å². The van der Waals surface area contributed by atoms with Crippen LogP contribution in [0.4, 0.5) is 0 Å². The second kappa shape index (κ2) is 6.37. The van der Waals surface area contributed by atoms with E-state index in [4.69, 9.17) is 19.9 Å². The molecule has 0 bridgehead atoms. The van der Waals surface area contributed by atoms with E-state index in [0.29, 0.717) is 6.61 Å². The van der Waals surface area contributed by atoms with Crippen molar-refractivity contribution < 1.29 is 14.2 Å². The van der Waals surface area contributed by atoms with Crippen molar-refractivity contribution in [1.82, 2.24) is 0 Å². The second-order valence-corrected chi connectivity index (χ2v) is 6.20. The van der Waals surface area contributed by atoms with E-state index in [-0.39, 0.29) is 12.8 Å². The minimum Gasteiger partial charge on any atom is -0.493 e. The van der Waals surface area contributed by atoms with E-state index in [1.807, 2.05) is 19.1 Å². The Labute approximate surface area is 128 Å². The van der Waals surface area contributed by atoms with E-state index in [2.05, 4.69) is 17.5 Å². The zero-order valence-electron chi connectivity index (χ0n) is 12.0. The highest BCUT2D eigenvalue weighted by atomic mass is 32.1. The van der Waals surface area contributed by atoms with Crippen molar-refractivity contribution in [3.05, 3.63) is 40.1 Å². The second-order valence-electron chi connectivity index (χ2n) is 5.17. The summed E-state index contributed by atoms with van der Waals surface area (Å²) < 4.78 is 16.8. The summed E-state index contributed by atoms with van der Waals surface area (Å²) in [7, 11) is 0. The first kappa shape index (κ1) is 14.2. The fourth-order valence-corrected chi connectivity index (χ4v) is 3.01. The summed E-state index contributed by atoms with van der Waals surface area (Å²) in [6.45, 7) is 2.90. The lowest BCUT2D eigenvalue weighted by atomic mass is 10.1. The van der Waals surface area contributed by atoms with Crippen LogP contribution in [0.3, 0.4) is 0 Å². The van der Waals surface area contributed by atoms with Gasteiger partial charge in [-0.3, -0.25) is 0 Å². The van der Waals surface area contributed by atoms with E-state index in [1.54, 1.807) is 11.3 Å². The van der Waals surface area contributed by atoms with Crippen LogP contribution < -0.4 is 19.9 Å². The quantitative estimate of drug-likeness (QED) is 0.891. The number of hydrogen-bond donors (Lipinski definition) is 1. The van der Waals surface area contributed by atoms with Crippen molar-refractivity contribution >= 4 is 11.3 Å². The summed E-state index contributed by atoms with van der Waals surface area (Å²) in [6.07, 6.45) is 1.66. The number of nitrogens with two attached hydrogens (primary N) is 1. The average molecular weight is 305 g/mol. The van der Waals surface area contributed by atoms with E-state index in [1.165, 1.54) is 4.88 Å². The van der Waals surface area contributed by atoms with Crippen LogP contribution in [-0.2, 0) is 12.8 Å². The number of fused-ring (bicyclic) bond motifs is 1. The van der Waals surface area contributed by atoms with Crippen LogP contribution in [0.2, 0.25) is 0 Å². The van der Waals surface area contributed by atoms with Gasteiger partial charge in [0.2, 0.25) is 6.79 Å². The summed E-state index contributed by atoms with van der Waals surface area (Å²) >= 11 is 1.75. The molecular weight excluding hydrogens is 286 g/mol. The maximum Gasteiger partial charge on any atom is 0.231 e. The molecule has 0 saturated heterocycles. The molecular formula is C16H19NO3S. The fraction of sp³-hybridized carbons (Fsp3) is 0.375. The lowest BCUT2D eigenvalue weighted by molar-refractivity contribution is 0.173. The third-order valence-corrected chi connectivity index (χ3v) is 4.22. The lowest BCUT2D eigenvalue weighted by Gasteiger charge is -2.14. The molecule has 0 aliphatic carbocycles. The van der Waals surface area contributed by atoms with Crippen LogP contribution in [0.15, 0.2) is 29.6 Å². The van der Waals surface area contributed by atoms with Crippen molar-refractivity contribution in [3.8, 4) is 17.2 Å². The first-order chi connectivity index (χ1) is 10.2. The normalized spacial score (nSPS) is 14.2. The highest BCUT2D eigenvalue weighted by Gasteiger charge is 2.18. The van der Waals surface area contributed by atoms with Crippen molar-refractivity contribution in [2.45, 2.75) is 25.8 Å². The van der Waals surface area contributed by atoms with Gasteiger partial charge in [0.25, 0.3) is 0 Å². The summed E-state index contributed by atoms with van der Waals surface area (Å²) in [5.74, 6) is 2.36. The molecule has 0 fully saturated rings. The van der Waals surface area contributed by atoms with Gasteiger partial charge in [-0.2, -0.15) is 0 Å². The minimum atomic E-state index is 0.0741. The first-order valence-corrected chi connectivity index (χ1v) is 7.93. The monoisotopic (exact) mass is 305 g/mol. The molecule has 3 rings (SSSR count). The molecule has 2 N–H and O–H groups in total. The molecule has 2 aromatic rings. The standard InChI is InChI=1S/C16H19NO3S/c1-11(17)7-12-8-15-16(20-10-19-15)9-14(12)18-5-4-13-3-2-6-21-13/h2-3,6,8-9,11H,4-5,7,10,17H2,1H3. The summed E-state index contributed by atoms with van der Waals surface area (Å²) in [5, 5.41) is 2.08. The van der Waals surface area contributed by atoms with Crippen molar-refractivity contribution in [1.29, 1.82) is 0 Å². The Bertz CT molecular complexity index is 596. The molecule has 1 aromatic heterocycles. The van der Waals surface area contributed by atoms with E-state index < -0.39 is 0 Å². The zero-order chi connectivity index (χ0) is 14.7. The number of benzene rings is 1. The third-order valence-electron chi connectivity index (χ3n) is 3.28. The van der Waals surface area contributed by atoms with Gasteiger partial charge in [-0.15, -0.1) is 11.3 Å². The summed E-state index contributed by atoms with van der Waals surface area (Å²) in [4.78, 5) is 1.32. The Kier molecular flexibility index (Phi) is 4.31. The Hall–Kier alpha value is -1.72. The molecule has 5 heteroatoms. The molecule has 1 atom stereocenters. The number of rotatable bonds is 6. The smallest absolute Gasteiger partial charge is 0.231 e. The molecule has 0 amide bonds. The zero-order valence-corrected chi connectivity index (χ0v) is 12.8. The minimum absolute atomic E-state index is 0.0741. The highest BCUT2D eigenvalue weighted by molar-refractivity contribution is 7.09. The van der Waals surface area contributed by atoms with Gasteiger partial charge in [0, 0.05) is 23.4 Å². The van der Waals surface area contributed by atoms with E-state index >= 15 is 0 Å². The Morgan fingerprint density at radius 2 is 2.14 bits per heavy atom. The highest BCUT2D eigenvalue weighted by Crippen LogP contribution is 2.38. The Balaban J connectivity index is 1.72. The van der Waals surface area contributed by atoms with Crippen LogP contribution >= 0.6 is 11.3 Å². The number of ether oxygens (including phenoxy) is 3. The molecule has 1 aliphatic heterocycles. The summed E-state index contributed by atoms with van der Waals surface area (Å²) in [6, 6.07) is 8.14. The first-order valence-electron chi connectivity index (χ1n) is 7.05. The van der Waals surface area contributed by atoms with Gasteiger partial charge in [0.15, 0.2) is 11.5 Å². The molecule has 4 nitrogen and oxygen atoms in total. The van der Waals surface area contributed by atoms with Crippen LogP contribution in [0.25, 0.3) is 0 Å². The van der Waals surface area contributed by atoms with E-state index in [9.17, 15) is 0 Å². The molecule has 21 heavy (non-hydrogen) atoms. The molecule has 1 aliphatic rings. The van der Waals surface area contributed by atoms with Gasteiger partial charge in [0.05, 0.1) is 6.61 Å². The van der Waals surface area contributed by atoms with Crippen LogP contribution in [0.1, 0.15) is 17.4 Å². The SMILES string of the molecule is CC(N)Cc1cc2c(cc1OCCc1cccs1)OCO2. The third kappa shape index (κ3) is 3.49.